The third-order valence-electron chi connectivity index (χ3n) is 16.5. The summed E-state index contributed by atoms with van der Waals surface area (Å²) in [6.45, 7) is 20.9. The number of aldehydes is 3. The molecule has 1 saturated heterocycles. The number of fused-ring (bicyclic) bond motifs is 1. The van der Waals surface area contributed by atoms with Crippen LogP contribution in [0.1, 0.15) is 111 Å². The molecule has 1 amide bonds. The number of carbonyl (C=O) groups is 4. The Morgan fingerprint density at radius 3 is 1.75 bits per heavy atom. The van der Waals surface area contributed by atoms with E-state index in [1.165, 1.54) is 12.8 Å². The Balaban J connectivity index is 1.44. The Hall–Kier alpha value is -1.92. The summed E-state index contributed by atoms with van der Waals surface area (Å²) in [5.74, 6) is 2.35. The van der Waals surface area contributed by atoms with Gasteiger partial charge >= 0.3 is 0 Å². The zero-order chi connectivity index (χ0) is 47.1. The topological polar surface area (TPSA) is 199 Å². The van der Waals surface area contributed by atoms with E-state index in [0.29, 0.717) is 147 Å². The summed E-state index contributed by atoms with van der Waals surface area (Å²) in [6, 6.07) is 0. The largest absolute Gasteiger partial charge is 0.378 e. The molecule has 3 aliphatic carbocycles. The normalized spacial score (nSPS) is 31.3. The molecular weight excluding hydrogens is 825 g/mol. The molecule has 0 aromatic rings. The number of amides is 1. The highest BCUT2D eigenvalue weighted by atomic mass is 16.5. The van der Waals surface area contributed by atoms with Crippen LogP contribution in [0.25, 0.3) is 0 Å². The van der Waals surface area contributed by atoms with Gasteiger partial charge in [-0.05, 0) is 138 Å². The fourth-order valence-corrected chi connectivity index (χ4v) is 12.6. The van der Waals surface area contributed by atoms with Gasteiger partial charge in [0.1, 0.15) is 18.9 Å². The minimum atomic E-state index is -0.00875. The van der Waals surface area contributed by atoms with Crippen molar-refractivity contribution in [1.82, 2.24) is 24.9 Å². The lowest BCUT2D eigenvalue weighted by Gasteiger charge is -2.60. The van der Waals surface area contributed by atoms with Gasteiger partial charge in [0.25, 0.3) is 0 Å². The monoisotopic (exact) mass is 919 g/mol. The molecule has 0 aromatic carbocycles. The molecule has 376 valence electrons. The fraction of sp³-hybridized carbons (Fsp3) is 0.920. The van der Waals surface area contributed by atoms with Crippen LogP contribution >= 0.6 is 0 Å². The lowest BCUT2D eigenvalue weighted by atomic mass is 9.48. The second-order valence-corrected chi connectivity index (χ2v) is 20.6. The van der Waals surface area contributed by atoms with Crippen molar-refractivity contribution in [2.24, 2.45) is 57.6 Å². The van der Waals surface area contributed by atoms with Gasteiger partial charge in [0.2, 0.25) is 5.91 Å². The highest BCUT2D eigenvalue weighted by Crippen LogP contribution is 2.66. The van der Waals surface area contributed by atoms with Gasteiger partial charge in [-0.3, -0.25) is 24.4 Å². The molecule has 1 aliphatic heterocycles. The molecule has 65 heavy (non-hydrogen) atoms. The van der Waals surface area contributed by atoms with Crippen LogP contribution in [0, 0.1) is 40.4 Å². The smallest absolute Gasteiger partial charge is 0.234 e. The Labute approximate surface area is 393 Å². The molecule has 15 nitrogen and oxygen atoms in total. The molecule has 8 atom stereocenters. The minimum Gasteiger partial charge on any atom is -0.378 e. The Bertz CT molecular complexity index is 1330. The molecule has 15 heteroatoms. The number of carbonyl (C=O) groups excluding carboxylic acids is 4. The highest BCUT2D eigenvalue weighted by molar-refractivity contribution is 5.78. The van der Waals surface area contributed by atoms with Gasteiger partial charge in [0.05, 0.1) is 44.5 Å². The predicted octanol–water partition coefficient (Wildman–Crippen LogP) is 3.20. The maximum absolute atomic E-state index is 13.5. The molecule has 4 fully saturated rings. The van der Waals surface area contributed by atoms with Crippen LogP contribution in [0.15, 0.2) is 0 Å². The van der Waals surface area contributed by atoms with E-state index in [2.05, 4.69) is 52.6 Å². The number of ether oxygens (including phenoxy) is 3. The number of hydrogen-bond acceptors (Lipinski definition) is 14. The average molecular weight is 919 g/mol. The Morgan fingerprint density at radius 1 is 0.708 bits per heavy atom. The lowest BCUT2D eigenvalue weighted by Crippen LogP contribution is -2.59. The molecule has 3 saturated carbocycles. The number of nitrogens with zero attached hydrogens (tertiary/aromatic N) is 4. The third-order valence-corrected chi connectivity index (χ3v) is 16.5. The van der Waals surface area contributed by atoms with Crippen molar-refractivity contribution >= 4 is 24.8 Å². The molecule has 1 heterocycles. The van der Waals surface area contributed by atoms with E-state index >= 15 is 0 Å². The van der Waals surface area contributed by atoms with E-state index in [-0.39, 0.29) is 35.5 Å². The van der Waals surface area contributed by atoms with Crippen LogP contribution in [0.4, 0.5) is 0 Å². The maximum Gasteiger partial charge on any atom is 0.234 e. The van der Waals surface area contributed by atoms with Gasteiger partial charge in [-0.1, -0.05) is 27.7 Å². The van der Waals surface area contributed by atoms with E-state index in [0.717, 1.165) is 96.1 Å². The van der Waals surface area contributed by atoms with Crippen molar-refractivity contribution in [3.63, 3.8) is 0 Å². The maximum atomic E-state index is 13.5. The van der Waals surface area contributed by atoms with Crippen LogP contribution < -0.4 is 22.5 Å². The first-order valence-electron chi connectivity index (χ1n) is 25.9. The molecule has 0 aromatic heterocycles. The van der Waals surface area contributed by atoms with Crippen LogP contribution in [-0.4, -0.2) is 187 Å². The van der Waals surface area contributed by atoms with Crippen molar-refractivity contribution < 1.29 is 33.4 Å². The second-order valence-electron chi connectivity index (χ2n) is 20.6. The molecule has 1 unspecified atom stereocenters. The molecule has 0 spiro atoms. The number of nitrogens with one attached hydrogen (secondary N) is 1. The zero-order valence-corrected chi connectivity index (χ0v) is 41.4. The minimum absolute atomic E-state index is 0.00176. The molecule has 0 radical (unpaired) electrons. The summed E-state index contributed by atoms with van der Waals surface area (Å²) in [7, 11) is 0. The van der Waals surface area contributed by atoms with Crippen molar-refractivity contribution in [2.75, 3.05) is 125 Å². The average Bonchev–Trinajstić information content (AvgIpc) is 3.66. The first-order valence-corrected chi connectivity index (χ1v) is 25.9. The summed E-state index contributed by atoms with van der Waals surface area (Å²) in [5.41, 5.74) is 18.0. The van der Waals surface area contributed by atoms with Gasteiger partial charge in [0.15, 0.2) is 0 Å². The number of rotatable bonds is 28. The zero-order valence-electron chi connectivity index (χ0n) is 41.4. The first kappa shape index (κ1) is 55.7. The van der Waals surface area contributed by atoms with E-state index in [1.54, 1.807) is 0 Å². The molecule has 4 aliphatic rings. The van der Waals surface area contributed by atoms with Crippen molar-refractivity contribution in [2.45, 2.75) is 129 Å². The Morgan fingerprint density at radius 2 is 1.23 bits per heavy atom. The molecule has 4 rings (SSSR count). The first-order chi connectivity index (χ1) is 31.5. The third kappa shape index (κ3) is 16.6. The molecule has 7 N–H and O–H groups in total. The number of hydrogen-bond donors (Lipinski definition) is 4. The summed E-state index contributed by atoms with van der Waals surface area (Å²) in [6.07, 6.45) is 16.8. The van der Waals surface area contributed by atoms with Crippen molar-refractivity contribution in [3.05, 3.63) is 0 Å². The second kappa shape index (κ2) is 29.9. The van der Waals surface area contributed by atoms with E-state index < -0.39 is 0 Å². The predicted molar refractivity (Wildman–Crippen MR) is 258 cm³/mol. The van der Waals surface area contributed by atoms with Gasteiger partial charge in [-0.2, -0.15) is 0 Å². The fourth-order valence-electron chi connectivity index (χ4n) is 12.6. The SMILES string of the molecule is CC[C@@H](OCCCN)C1[C@@H](C2(C)CCC(OCCCN)CC2)C[C@H](OCCCN)[C@]2(C)[C@@H]([C@H](C)CCCNC(=O)CN3CCN(CC=O)CCN(CC=O)CCN(CC=O)CC3)CC[C@@H]12. The molecule has 0 bridgehead atoms. The van der Waals surface area contributed by atoms with Crippen molar-refractivity contribution in [3.8, 4) is 0 Å². The van der Waals surface area contributed by atoms with E-state index in [1.807, 2.05) is 0 Å². The summed E-state index contributed by atoms with van der Waals surface area (Å²) >= 11 is 0. The van der Waals surface area contributed by atoms with E-state index in [9.17, 15) is 19.2 Å². The van der Waals surface area contributed by atoms with Crippen LogP contribution in [-0.2, 0) is 33.4 Å². The van der Waals surface area contributed by atoms with Gasteiger partial charge in [-0.25, -0.2) is 0 Å². The van der Waals surface area contributed by atoms with Gasteiger partial charge in [0, 0.05) is 84.1 Å². The van der Waals surface area contributed by atoms with Crippen LogP contribution in [0.2, 0.25) is 0 Å². The quantitative estimate of drug-likeness (QED) is 0.0660. The van der Waals surface area contributed by atoms with Gasteiger partial charge < -0.3 is 51.1 Å². The lowest BCUT2D eigenvalue weighted by molar-refractivity contribution is -0.191. The summed E-state index contributed by atoms with van der Waals surface area (Å²) < 4.78 is 20.3. The van der Waals surface area contributed by atoms with Crippen LogP contribution in [0.3, 0.4) is 0 Å². The number of nitrogens with two attached hydrogens (primary N) is 3. The van der Waals surface area contributed by atoms with E-state index in [4.69, 9.17) is 31.4 Å². The summed E-state index contributed by atoms with van der Waals surface area (Å²) in [4.78, 5) is 56.3. The highest BCUT2D eigenvalue weighted by Gasteiger charge is 2.63. The van der Waals surface area contributed by atoms with Gasteiger partial charge in [-0.15, -0.1) is 0 Å². The standard InChI is InChI=1S/C50H94N8O7/c1-5-45(64-36-8-18-52)48-43-12-11-42(50(43,4)46(65-37-9-19-53)38-44(48)49(3)15-13-41(14-16-49)63-35-7-17-51)40(2)10-6-20-54-47(62)39-58-27-25-56(30-33-60)23-21-55(29-32-59)22-24-57(26-28-58)31-34-61/h32-34,40-46,48H,5-31,35-39,51-53H2,1-4H3,(H,54,62)/t40-,41?,42-,43+,44+,45-,46+,48?,49?,50-/m1/s1. The van der Waals surface area contributed by atoms with Crippen LogP contribution in [0.5, 0.6) is 0 Å². The Kier molecular flexibility index (Phi) is 25.6. The summed E-state index contributed by atoms with van der Waals surface area (Å²) in [5, 5.41) is 3.24. The molecular formula is C50H94N8O7. The van der Waals surface area contributed by atoms with Crippen molar-refractivity contribution in [1.29, 1.82) is 0 Å².